The number of nitrogens with zero attached hydrogens (tertiary/aromatic N) is 1. The Hall–Kier alpha value is -3.00. The normalized spacial score (nSPS) is 10.2. The highest BCUT2D eigenvalue weighted by Gasteiger charge is 2.16. The maximum absolute atomic E-state index is 12.5. The molecule has 29 heavy (non-hydrogen) atoms. The number of hydrogen-bond acceptors (Lipinski definition) is 5. The molecule has 0 aliphatic rings. The monoisotopic (exact) mass is 415 g/mol. The maximum atomic E-state index is 12.5. The molecule has 0 heterocycles. The van der Waals surface area contributed by atoms with E-state index in [1.807, 2.05) is 31.2 Å². The van der Waals surface area contributed by atoms with Crippen LogP contribution < -0.4 is 15.4 Å². The van der Waals surface area contributed by atoms with Crippen molar-refractivity contribution in [3.05, 3.63) is 48.5 Å². The summed E-state index contributed by atoms with van der Waals surface area (Å²) in [5.41, 5.74) is 1.25. The number of benzene rings is 2. The summed E-state index contributed by atoms with van der Waals surface area (Å²) >= 11 is 1.42. The van der Waals surface area contributed by atoms with Gasteiger partial charge < -0.3 is 20.3 Å². The van der Waals surface area contributed by atoms with Crippen LogP contribution in [-0.2, 0) is 14.4 Å². The van der Waals surface area contributed by atoms with Gasteiger partial charge in [-0.1, -0.05) is 0 Å². The third-order valence-electron chi connectivity index (χ3n) is 3.98. The predicted molar refractivity (Wildman–Crippen MR) is 115 cm³/mol. The Morgan fingerprint density at radius 3 is 2.07 bits per heavy atom. The van der Waals surface area contributed by atoms with Crippen molar-refractivity contribution in [2.45, 2.75) is 18.7 Å². The number of carbonyl (C=O) groups is 3. The van der Waals surface area contributed by atoms with E-state index in [1.165, 1.54) is 23.6 Å². The van der Waals surface area contributed by atoms with Gasteiger partial charge in [-0.05, 0) is 55.5 Å². The van der Waals surface area contributed by atoms with Crippen molar-refractivity contribution in [2.75, 3.05) is 36.6 Å². The summed E-state index contributed by atoms with van der Waals surface area (Å²) in [7, 11) is 1.60. The van der Waals surface area contributed by atoms with Crippen molar-refractivity contribution in [2.24, 2.45) is 0 Å². The van der Waals surface area contributed by atoms with Gasteiger partial charge >= 0.3 is 0 Å². The first kappa shape index (κ1) is 22.3. The topological polar surface area (TPSA) is 87.7 Å². The largest absolute Gasteiger partial charge is 0.497 e. The van der Waals surface area contributed by atoms with Crippen LogP contribution in [-0.4, -0.2) is 48.6 Å². The summed E-state index contributed by atoms with van der Waals surface area (Å²) in [6.07, 6.45) is 0. The molecule has 0 spiro atoms. The van der Waals surface area contributed by atoms with Crippen LogP contribution >= 0.6 is 11.8 Å². The highest BCUT2D eigenvalue weighted by Crippen LogP contribution is 2.21. The molecular weight excluding hydrogens is 390 g/mol. The van der Waals surface area contributed by atoms with Crippen LogP contribution in [0.15, 0.2) is 53.4 Å². The standard InChI is InChI=1S/C21H25N3O4S/c1-4-24(21(27)14-29-19-11-9-18(28-3)10-12-19)13-20(26)23-17-7-5-16(6-8-17)22-15(2)25/h5-12H,4,13-14H2,1-3H3,(H,22,25)(H,23,26). The first-order valence-electron chi connectivity index (χ1n) is 9.13. The number of rotatable bonds is 9. The molecule has 2 aromatic rings. The second kappa shape index (κ2) is 11.1. The molecule has 2 N–H and O–H groups in total. The van der Waals surface area contributed by atoms with Crippen LogP contribution in [0.2, 0.25) is 0 Å². The van der Waals surface area contributed by atoms with Gasteiger partial charge in [-0.25, -0.2) is 0 Å². The van der Waals surface area contributed by atoms with Gasteiger partial charge in [-0.2, -0.15) is 0 Å². The minimum atomic E-state index is -0.276. The van der Waals surface area contributed by atoms with Gasteiger partial charge in [-0.3, -0.25) is 14.4 Å². The molecule has 3 amide bonds. The summed E-state index contributed by atoms with van der Waals surface area (Å²) in [4.78, 5) is 38.3. The Morgan fingerprint density at radius 2 is 1.55 bits per heavy atom. The number of hydrogen-bond donors (Lipinski definition) is 2. The predicted octanol–water partition coefficient (Wildman–Crippen LogP) is 3.23. The van der Waals surface area contributed by atoms with Gasteiger partial charge in [0.2, 0.25) is 17.7 Å². The summed E-state index contributed by atoms with van der Waals surface area (Å²) in [6.45, 7) is 3.69. The first-order chi connectivity index (χ1) is 13.9. The second-order valence-electron chi connectivity index (χ2n) is 6.18. The van der Waals surface area contributed by atoms with Crippen LogP contribution in [0, 0.1) is 0 Å². The quantitative estimate of drug-likeness (QED) is 0.614. The average molecular weight is 416 g/mol. The van der Waals surface area contributed by atoms with Gasteiger partial charge in [-0.15, -0.1) is 11.8 Å². The van der Waals surface area contributed by atoms with E-state index in [2.05, 4.69) is 10.6 Å². The molecule has 0 fully saturated rings. The highest BCUT2D eigenvalue weighted by atomic mass is 32.2. The highest BCUT2D eigenvalue weighted by molar-refractivity contribution is 8.00. The van der Waals surface area contributed by atoms with Gasteiger partial charge in [0.1, 0.15) is 5.75 Å². The lowest BCUT2D eigenvalue weighted by Gasteiger charge is -2.20. The molecular formula is C21H25N3O4S. The second-order valence-corrected chi connectivity index (χ2v) is 7.23. The van der Waals surface area contributed by atoms with Gasteiger partial charge in [0, 0.05) is 29.7 Å². The van der Waals surface area contributed by atoms with Crippen LogP contribution in [0.1, 0.15) is 13.8 Å². The molecule has 0 atom stereocenters. The summed E-state index contributed by atoms with van der Waals surface area (Å²) in [6, 6.07) is 14.3. The fourth-order valence-electron chi connectivity index (χ4n) is 2.50. The molecule has 0 aliphatic heterocycles. The van der Waals surface area contributed by atoms with Gasteiger partial charge in [0.25, 0.3) is 0 Å². The van der Waals surface area contributed by atoms with Gasteiger partial charge in [0.15, 0.2) is 0 Å². The number of likely N-dealkylation sites (N-methyl/N-ethyl adjacent to an activating group) is 1. The molecule has 0 saturated carbocycles. The van der Waals surface area contributed by atoms with Crippen molar-refractivity contribution in [1.82, 2.24) is 4.90 Å². The molecule has 0 unspecified atom stereocenters. The third kappa shape index (κ3) is 7.50. The molecule has 0 saturated heterocycles. The number of amides is 3. The zero-order valence-electron chi connectivity index (χ0n) is 16.7. The van der Waals surface area contributed by atoms with Crippen molar-refractivity contribution < 1.29 is 19.1 Å². The Labute approximate surface area is 174 Å². The Bertz CT molecular complexity index is 838. The lowest BCUT2D eigenvalue weighted by Crippen LogP contribution is -2.38. The van der Waals surface area contributed by atoms with E-state index in [0.717, 1.165) is 10.6 Å². The lowest BCUT2D eigenvalue weighted by atomic mass is 10.2. The number of carbonyl (C=O) groups excluding carboxylic acids is 3. The first-order valence-corrected chi connectivity index (χ1v) is 10.1. The third-order valence-corrected chi connectivity index (χ3v) is 4.98. The molecule has 7 nitrogen and oxygen atoms in total. The Morgan fingerprint density at radius 1 is 0.966 bits per heavy atom. The Balaban J connectivity index is 1.84. The number of nitrogens with one attached hydrogen (secondary N) is 2. The Kier molecular flexibility index (Phi) is 8.54. The number of ether oxygens (including phenoxy) is 1. The summed E-state index contributed by atoms with van der Waals surface area (Å²) < 4.78 is 5.12. The van der Waals surface area contributed by atoms with E-state index in [4.69, 9.17) is 4.74 Å². The number of thioether (sulfide) groups is 1. The molecule has 0 radical (unpaired) electrons. The average Bonchev–Trinajstić information content (AvgIpc) is 2.71. The summed E-state index contributed by atoms with van der Waals surface area (Å²) in [5.74, 6) is 0.467. The van der Waals surface area contributed by atoms with E-state index in [-0.39, 0.29) is 30.0 Å². The van der Waals surface area contributed by atoms with Crippen LogP contribution in [0.4, 0.5) is 11.4 Å². The zero-order chi connectivity index (χ0) is 21.2. The van der Waals surface area contributed by atoms with E-state index < -0.39 is 0 Å². The molecule has 154 valence electrons. The number of methoxy groups -OCH3 is 1. The molecule has 0 aliphatic carbocycles. The minimum absolute atomic E-state index is 0.0219. The van der Waals surface area contributed by atoms with E-state index >= 15 is 0 Å². The van der Waals surface area contributed by atoms with E-state index in [1.54, 1.807) is 31.4 Å². The van der Waals surface area contributed by atoms with Gasteiger partial charge in [0.05, 0.1) is 19.4 Å². The molecule has 0 bridgehead atoms. The zero-order valence-corrected chi connectivity index (χ0v) is 17.5. The van der Waals surface area contributed by atoms with Crippen LogP contribution in [0.25, 0.3) is 0 Å². The van der Waals surface area contributed by atoms with Crippen LogP contribution in [0.5, 0.6) is 5.75 Å². The van der Waals surface area contributed by atoms with Crippen molar-refractivity contribution in [3.63, 3.8) is 0 Å². The maximum Gasteiger partial charge on any atom is 0.243 e. The molecule has 8 heteroatoms. The van der Waals surface area contributed by atoms with E-state index in [9.17, 15) is 14.4 Å². The van der Waals surface area contributed by atoms with Crippen molar-refractivity contribution in [3.8, 4) is 5.75 Å². The molecule has 2 aromatic carbocycles. The number of anilines is 2. The fourth-order valence-corrected chi connectivity index (χ4v) is 3.30. The summed E-state index contributed by atoms with van der Waals surface area (Å²) in [5, 5.41) is 5.42. The SMILES string of the molecule is CCN(CC(=O)Nc1ccc(NC(C)=O)cc1)C(=O)CSc1ccc(OC)cc1. The smallest absolute Gasteiger partial charge is 0.243 e. The minimum Gasteiger partial charge on any atom is -0.497 e. The van der Waals surface area contributed by atoms with Crippen LogP contribution in [0.3, 0.4) is 0 Å². The van der Waals surface area contributed by atoms with Crippen molar-refractivity contribution >= 4 is 40.9 Å². The van der Waals surface area contributed by atoms with E-state index in [0.29, 0.717) is 17.9 Å². The molecule has 0 aromatic heterocycles. The lowest BCUT2D eigenvalue weighted by molar-refractivity contribution is -0.132. The van der Waals surface area contributed by atoms with Crippen molar-refractivity contribution in [1.29, 1.82) is 0 Å². The fraction of sp³-hybridized carbons (Fsp3) is 0.286. The molecule has 2 rings (SSSR count).